The molecule has 0 spiro atoms. The van der Waals surface area contributed by atoms with Gasteiger partial charge in [-0.15, -0.1) is 0 Å². The van der Waals surface area contributed by atoms with Crippen molar-refractivity contribution in [2.75, 3.05) is 6.61 Å². The fourth-order valence-corrected chi connectivity index (χ4v) is 3.25. The van der Waals surface area contributed by atoms with Gasteiger partial charge in [0.2, 0.25) is 0 Å². The van der Waals surface area contributed by atoms with E-state index in [-0.39, 0.29) is 18.2 Å². The molecular formula is C20H26BNO4. The Morgan fingerprint density at radius 2 is 1.81 bits per heavy atom. The predicted octanol–water partition coefficient (Wildman–Crippen LogP) is 3.90. The molecule has 6 heteroatoms. The first-order valence-corrected chi connectivity index (χ1v) is 9.10. The van der Waals surface area contributed by atoms with E-state index in [1.54, 1.807) is 6.20 Å². The van der Waals surface area contributed by atoms with Gasteiger partial charge in [-0.3, -0.25) is 9.78 Å². The van der Waals surface area contributed by atoms with Crippen LogP contribution in [0.2, 0.25) is 0 Å². The van der Waals surface area contributed by atoms with Crippen LogP contribution in [0.4, 0.5) is 0 Å². The van der Waals surface area contributed by atoms with Crippen LogP contribution in [0, 0.1) is 0 Å². The van der Waals surface area contributed by atoms with E-state index in [1.807, 2.05) is 65.0 Å². The van der Waals surface area contributed by atoms with Crippen molar-refractivity contribution in [3.63, 3.8) is 0 Å². The maximum Gasteiger partial charge on any atom is 0.466 e. The Hall–Kier alpha value is -1.92. The number of fused-ring (bicyclic) bond motifs is 1. The standard InChI is InChI=1S/C20H26BNO4/c1-6-24-18(23)13-16(21-25-19(2,3)20(4,5)26-21)14-11-12-22-17-10-8-7-9-15(14)17/h7-12,16H,6,13H2,1-5H3. The van der Waals surface area contributed by atoms with Crippen molar-refractivity contribution < 1.29 is 18.8 Å². The van der Waals surface area contributed by atoms with Gasteiger partial charge in [-0.25, -0.2) is 0 Å². The summed E-state index contributed by atoms with van der Waals surface area (Å²) < 4.78 is 17.7. The maximum absolute atomic E-state index is 12.3. The molecule has 0 N–H and O–H groups in total. The molecule has 138 valence electrons. The molecule has 1 saturated heterocycles. The molecule has 0 amide bonds. The molecule has 1 fully saturated rings. The number of carbonyl (C=O) groups is 1. The zero-order valence-electron chi connectivity index (χ0n) is 16.1. The average Bonchev–Trinajstić information content (AvgIpc) is 2.80. The number of aromatic nitrogens is 1. The molecule has 2 heterocycles. The van der Waals surface area contributed by atoms with Gasteiger partial charge in [-0.2, -0.15) is 0 Å². The third-order valence-corrected chi connectivity index (χ3v) is 5.37. The van der Waals surface area contributed by atoms with Gasteiger partial charge in [-0.05, 0) is 52.3 Å². The van der Waals surface area contributed by atoms with Crippen molar-refractivity contribution in [2.24, 2.45) is 0 Å². The van der Waals surface area contributed by atoms with Gasteiger partial charge in [0.15, 0.2) is 0 Å². The molecule has 1 aromatic carbocycles. The van der Waals surface area contributed by atoms with Crippen LogP contribution >= 0.6 is 0 Å². The lowest BCUT2D eigenvalue weighted by Crippen LogP contribution is -2.41. The summed E-state index contributed by atoms with van der Waals surface area (Å²) in [6.07, 6.45) is 1.96. The average molecular weight is 355 g/mol. The smallest absolute Gasteiger partial charge is 0.466 e. The minimum Gasteiger partial charge on any atom is -0.466 e. The molecule has 3 rings (SSSR count). The minimum atomic E-state index is -0.532. The Morgan fingerprint density at radius 3 is 2.46 bits per heavy atom. The zero-order chi connectivity index (χ0) is 18.9. The highest BCUT2D eigenvalue weighted by Crippen LogP contribution is 2.42. The highest BCUT2D eigenvalue weighted by Gasteiger charge is 2.54. The number of hydrogen-bond acceptors (Lipinski definition) is 5. The Balaban J connectivity index is 2.03. The van der Waals surface area contributed by atoms with E-state index in [1.165, 1.54) is 0 Å². The third kappa shape index (κ3) is 3.48. The summed E-state index contributed by atoms with van der Waals surface area (Å²) in [5, 5.41) is 0.999. The van der Waals surface area contributed by atoms with Crippen molar-refractivity contribution in [1.29, 1.82) is 0 Å². The summed E-state index contributed by atoms with van der Waals surface area (Å²) in [6, 6.07) is 9.84. The number of benzene rings is 1. The van der Waals surface area contributed by atoms with Gasteiger partial charge in [0.1, 0.15) is 0 Å². The zero-order valence-corrected chi connectivity index (χ0v) is 16.1. The number of hydrogen-bond donors (Lipinski definition) is 0. The van der Waals surface area contributed by atoms with Crippen molar-refractivity contribution in [2.45, 2.75) is 58.1 Å². The molecule has 0 radical (unpaired) electrons. The van der Waals surface area contributed by atoms with E-state index in [4.69, 9.17) is 14.0 Å². The van der Waals surface area contributed by atoms with Gasteiger partial charge in [-0.1, -0.05) is 18.2 Å². The van der Waals surface area contributed by atoms with Crippen molar-refractivity contribution in [1.82, 2.24) is 4.98 Å². The highest BCUT2D eigenvalue weighted by molar-refractivity contribution is 6.48. The number of carbonyl (C=O) groups excluding carboxylic acids is 1. The molecule has 1 aliphatic heterocycles. The first-order chi connectivity index (χ1) is 12.2. The van der Waals surface area contributed by atoms with Gasteiger partial charge >= 0.3 is 13.1 Å². The summed E-state index contributed by atoms with van der Waals surface area (Å²) in [7, 11) is -0.532. The van der Waals surface area contributed by atoms with Crippen molar-refractivity contribution >= 4 is 24.0 Å². The monoisotopic (exact) mass is 355 g/mol. The van der Waals surface area contributed by atoms with Gasteiger partial charge in [0.25, 0.3) is 0 Å². The molecule has 1 unspecified atom stereocenters. The summed E-state index contributed by atoms with van der Waals surface area (Å²) in [5.41, 5.74) is 0.943. The van der Waals surface area contributed by atoms with Crippen molar-refractivity contribution in [3.8, 4) is 0 Å². The lowest BCUT2D eigenvalue weighted by molar-refractivity contribution is -0.143. The fourth-order valence-electron chi connectivity index (χ4n) is 3.25. The summed E-state index contributed by atoms with van der Waals surface area (Å²) in [5.74, 6) is -0.531. The van der Waals surface area contributed by atoms with E-state index in [0.717, 1.165) is 16.5 Å². The Morgan fingerprint density at radius 1 is 1.15 bits per heavy atom. The fraction of sp³-hybridized carbons (Fsp3) is 0.500. The topological polar surface area (TPSA) is 57.7 Å². The number of para-hydroxylation sites is 1. The van der Waals surface area contributed by atoms with Gasteiger partial charge in [0.05, 0.1) is 29.7 Å². The molecule has 2 aromatic rings. The van der Waals surface area contributed by atoms with Crippen LogP contribution in [-0.4, -0.2) is 35.9 Å². The molecule has 0 aliphatic carbocycles. The molecule has 5 nitrogen and oxygen atoms in total. The van der Waals surface area contributed by atoms with Crippen LogP contribution in [0.1, 0.15) is 52.4 Å². The van der Waals surface area contributed by atoms with Gasteiger partial charge < -0.3 is 14.0 Å². The largest absolute Gasteiger partial charge is 0.466 e. The molecule has 1 aliphatic rings. The number of rotatable bonds is 5. The predicted molar refractivity (Wildman–Crippen MR) is 102 cm³/mol. The quantitative estimate of drug-likeness (QED) is 0.601. The second-order valence-corrected chi connectivity index (χ2v) is 7.66. The SMILES string of the molecule is CCOC(=O)CC(B1OC(C)(C)C(C)(C)O1)c1ccnc2ccccc12. The van der Waals surface area contributed by atoms with Crippen LogP contribution in [0.15, 0.2) is 36.5 Å². The van der Waals surface area contributed by atoms with E-state index in [0.29, 0.717) is 6.61 Å². The maximum atomic E-state index is 12.3. The summed E-state index contributed by atoms with van der Waals surface area (Å²) >= 11 is 0. The lowest BCUT2D eigenvalue weighted by Gasteiger charge is -2.32. The van der Waals surface area contributed by atoms with E-state index >= 15 is 0 Å². The number of ether oxygens (including phenoxy) is 1. The van der Waals surface area contributed by atoms with Crippen LogP contribution in [0.3, 0.4) is 0 Å². The molecule has 0 bridgehead atoms. The molecular weight excluding hydrogens is 329 g/mol. The van der Waals surface area contributed by atoms with Crippen LogP contribution in [0.25, 0.3) is 10.9 Å². The van der Waals surface area contributed by atoms with E-state index in [2.05, 4.69) is 4.98 Å². The molecule has 1 aromatic heterocycles. The summed E-state index contributed by atoms with van der Waals surface area (Å²) in [4.78, 5) is 16.7. The lowest BCUT2D eigenvalue weighted by atomic mass is 9.65. The van der Waals surface area contributed by atoms with Crippen LogP contribution < -0.4 is 0 Å². The first-order valence-electron chi connectivity index (χ1n) is 9.10. The second-order valence-electron chi connectivity index (χ2n) is 7.66. The summed E-state index contributed by atoms with van der Waals surface area (Å²) in [6.45, 7) is 10.2. The van der Waals surface area contributed by atoms with E-state index in [9.17, 15) is 4.79 Å². The Bertz CT molecular complexity index is 784. The van der Waals surface area contributed by atoms with Crippen LogP contribution in [-0.2, 0) is 18.8 Å². The second kappa shape index (κ2) is 7.01. The number of esters is 1. The normalized spacial score (nSPS) is 19.5. The minimum absolute atomic E-state index is 0.193. The van der Waals surface area contributed by atoms with Crippen molar-refractivity contribution in [3.05, 3.63) is 42.1 Å². The molecule has 1 atom stereocenters. The van der Waals surface area contributed by atoms with E-state index < -0.39 is 18.3 Å². The Kier molecular flexibility index (Phi) is 5.08. The highest BCUT2D eigenvalue weighted by atomic mass is 16.7. The first kappa shape index (κ1) is 18.9. The third-order valence-electron chi connectivity index (χ3n) is 5.37. The van der Waals surface area contributed by atoms with Crippen LogP contribution in [0.5, 0.6) is 0 Å². The number of pyridine rings is 1. The molecule has 26 heavy (non-hydrogen) atoms. The Labute approximate surface area is 155 Å². The molecule has 0 saturated carbocycles. The van der Waals surface area contributed by atoms with Gasteiger partial charge in [0, 0.05) is 17.4 Å². The number of nitrogens with zero attached hydrogens (tertiary/aromatic N) is 1.